The van der Waals surface area contributed by atoms with Crippen LogP contribution in [-0.2, 0) is 4.79 Å². The summed E-state index contributed by atoms with van der Waals surface area (Å²) in [7, 11) is 0. The van der Waals surface area contributed by atoms with Gasteiger partial charge in [-0.3, -0.25) is 4.79 Å². The molecule has 1 aromatic rings. The average molecular weight is 295 g/mol. The second-order valence-electron chi connectivity index (χ2n) is 4.61. The van der Waals surface area contributed by atoms with Crippen molar-refractivity contribution in [3.05, 3.63) is 28.8 Å². The van der Waals surface area contributed by atoms with Gasteiger partial charge >= 0.3 is 0 Å². The van der Waals surface area contributed by atoms with E-state index in [1.165, 1.54) is 0 Å². The van der Waals surface area contributed by atoms with Crippen LogP contribution in [0.5, 0.6) is 0 Å². The quantitative estimate of drug-likeness (QED) is 0.925. The van der Waals surface area contributed by atoms with Gasteiger partial charge in [0, 0.05) is 6.42 Å². The highest BCUT2D eigenvalue weighted by Crippen LogP contribution is 2.27. The summed E-state index contributed by atoms with van der Waals surface area (Å²) in [5.41, 5.74) is 1.07. The molecule has 0 spiro atoms. The van der Waals surface area contributed by atoms with Gasteiger partial charge in [0.15, 0.2) is 0 Å². The SMILES string of the molecule is N#Cc1ccc(NC(=O)CC2CCSCC2)c(Cl)c1. The van der Waals surface area contributed by atoms with Crippen LogP contribution in [-0.4, -0.2) is 17.4 Å². The Kier molecular flexibility index (Phi) is 5.12. The predicted octanol–water partition coefficient (Wildman–Crippen LogP) is 3.68. The Labute approximate surface area is 122 Å². The Morgan fingerprint density at radius 2 is 2.21 bits per heavy atom. The standard InChI is InChI=1S/C14H15ClN2OS/c15-12-7-11(9-16)1-2-13(12)17-14(18)8-10-3-5-19-6-4-10/h1-2,7,10H,3-6,8H2,(H,17,18). The van der Waals surface area contributed by atoms with Crippen LogP contribution >= 0.6 is 23.4 Å². The maximum atomic E-state index is 11.9. The Hall–Kier alpha value is -1.18. The van der Waals surface area contributed by atoms with Crippen LogP contribution in [0.3, 0.4) is 0 Å². The topological polar surface area (TPSA) is 52.9 Å². The number of anilines is 1. The van der Waals surface area contributed by atoms with Crippen molar-refractivity contribution in [2.75, 3.05) is 16.8 Å². The van der Waals surface area contributed by atoms with E-state index in [0.717, 1.165) is 24.3 Å². The predicted molar refractivity (Wildman–Crippen MR) is 79.5 cm³/mol. The van der Waals surface area contributed by atoms with E-state index in [0.29, 0.717) is 28.6 Å². The Bertz CT molecular complexity index is 507. The molecule has 0 bridgehead atoms. The highest BCUT2D eigenvalue weighted by atomic mass is 35.5. The summed E-state index contributed by atoms with van der Waals surface area (Å²) >= 11 is 7.98. The second kappa shape index (κ2) is 6.83. The zero-order valence-electron chi connectivity index (χ0n) is 10.5. The van der Waals surface area contributed by atoms with Crippen molar-refractivity contribution in [3.8, 4) is 6.07 Å². The van der Waals surface area contributed by atoms with Crippen LogP contribution in [0.4, 0.5) is 5.69 Å². The molecule has 2 rings (SSSR count). The van der Waals surface area contributed by atoms with Gasteiger partial charge in [0.1, 0.15) is 0 Å². The Balaban J connectivity index is 1.93. The summed E-state index contributed by atoms with van der Waals surface area (Å²) in [5, 5.41) is 12.0. The molecule has 0 unspecified atom stereocenters. The van der Waals surface area contributed by atoms with Gasteiger partial charge in [-0.1, -0.05) is 11.6 Å². The lowest BCUT2D eigenvalue weighted by Crippen LogP contribution is -2.19. The zero-order valence-corrected chi connectivity index (χ0v) is 12.1. The van der Waals surface area contributed by atoms with E-state index >= 15 is 0 Å². The molecule has 100 valence electrons. The first kappa shape index (κ1) is 14.2. The minimum atomic E-state index is 0.00325. The third-order valence-corrected chi connectivity index (χ3v) is 4.55. The normalized spacial score (nSPS) is 15.8. The molecule has 1 amide bonds. The molecule has 0 aliphatic carbocycles. The molecule has 0 aromatic heterocycles. The number of thioether (sulfide) groups is 1. The number of nitrogens with zero attached hydrogens (tertiary/aromatic N) is 1. The Morgan fingerprint density at radius 3 is 2.84 bits per heavy atom. The van der Waals surface area contributed by atoms with Gasteiger partial charge in [-0.25, -0.2) is 0 Å². The Morgan fingerprint density at radius 1 is 1.47 bits per heavy atom. The van der Waals surface area contributed by atoms with E-state index in [1.807, 2.05) is 17.8 Å². The molecule has 0 radical (unpaired) electrons. The van der Waals surface area contributed by atoms with Crippen molar-refractivity contribution in [3.63, 3.8) is 0 Å². The maximum absolute atomic E-state index is 11.9. The maximum Gasteiger partial charge on any atom is 0.224 e. The van der Waals surface area contributed by atoms with Gasteiger partial charge in [0.25, 0.3) is 0 Å². The average Bonchev–Trinajstić information content (AvgIpc) is 2.42. The van der Waals surface area contributed by atoms with Crippen LogP contribution in [0.2, 0.25) is 5.02 Å². The van der Waals surface area contributed by atoms with Gasteiger partial charge in [-0.05, 0) is 48.5 Å². The lowest BCUT2D eigenvalue weighted by Gasteiger charge is -2.20. The van der Waals surface area contributed by atoms with Crippen molar-refractivity contribution >= 4 is 35.0 Å². The number of benzene rings is 1. The van der Waals surface area contributed by atoms with E-state index in [1.54, 1.807) is 18.2 Å². The summed E-state index contributed by atoms with van der Waals surface area (Å²) < 4.78 is 0. The van der Waals surface area contributed by atoms with Crippen LogP contribution in [0, 0.1) is 17.2 Å². The molecular formula is C14H15ClN2OS. The van der Waals surface area contributed by atoms with Crippen LogP contribution in [0.25, 0.3) is 0 Å². The number of carbonyl (C=O) groups is 1. The second-order valence-corrected chi connectivity index (χ2v) is 6.25. The molecule has 1 N–H and O–H groups in total. The van der Waals surface area contributed by atoms with Crippen molar-refractivity contribution in [1.82, 2.24) is 0 Å². The largest absolute Gasteiger partial charge is 0.325 e. The van der Waals surface area contributed by atoms with Gasteiger partial charge in [-0.15, -0.1) is 0 Å². The summed E-state index contributed by atoms with van der Waals surface area (Å²) in [4.78, 5) is 11.9. The molecule has 1 aliphatic rings. The van der Waals surface area contributed by atoms with E-state index in [-0.39, 0.29) is 5.91 Å². The fourth-order valence-corrected chi connectivity index (χ4v) is 3.53. The number of nitrogens with one attached hydrogen (secondary N) is 1. The minimum absolute atomic E-state index is 0.00325. The molecule has 1 aliphatic heterocycles. The van der Waals surface area contributed by atoms with Crippen LogP contribution in [0.15, 0.2) is 18.2 Å². The van der Waals surface area contributed by atoms with Gasteiger partial charge < -0.3 is 5.32 Å². The summed E-state index contributed by atoms with van der Waals surface area (Å²) in [6.07, 6.45) is 2.77. The van der Waals surface area contributed by atoms with Gasteiger partial charge in [0.2, 0.25) is 5.91 Å². The third kappa shape index (κ3) is 4.15. The lowest BCUT2D eigenvalue weighted by molar-refractivity contribution is -0.117. The van der Waals surface area contributed by atoms with E-state index in [2.05, 4.69) is 5.32 Å². The van der Waals surface area contributed by atoms with Crippen molar-refractivity contribution in [1.29, 1.82) is 5.26 Å². The first-order chi connectivity index (χ1) is 9.19. The highest BCUT2D eigenvalue weighted by molar-refractivity contribution is 7.99. The molecule has 1 heterocycles. The molecule has 1 saturated heterocycles. The summed E-state index contributed by atoms with van der Waals surface area (Å²) in [6.45, 7) is 0. The first-order valence-corrected chi connectivity index (χ1v) is 7.79. The summed E-state index contributed by atoms with van der Waals surface area (Å²) in [5.74, 6) is 2.78. The van der Waals surface area contributed by atoms with E-state index in [9.17, 15) is 4.79 Å². The number of amides is 1. The molecular weight excluding hydrogens is 280 g/mol. The molecule has 0 saturated carbocycles. The fourth-order valence-electron chi connectivity index (χ4n) is 2.10. The number of halogens is 1. The van der Waals surface area contributed by atoms with Crippen LogP contribution < -0.4 is 5.32 Å². The number of nitriles is 1. The molecule has 0 atom stereocenters. The van der Waals surface area contributed by atoms with E-state index in [4.69, 9.17) is 16.9 Å². The molecule has 3 nitrogen and oxygen atoms in total. The lowest BCUT2D eigenvalue weighted by atomic mass is 9.98. The first-order valence-electron chi connectivity index (χ1n) is 6.26. The number of hydrogen-bond donors (Lipinski definition) is 1. The molecule has 1 aromatic carbocycles. The number of carbonyl (C=O) groups excluding carboxylic acids is 1. The fraction of sp³-hybridized carbons (Fsp3) is 0.429. The van der Waals surface area contributed by atoms with Gasteiger partial charge in [0.05, 0.1) is 22.3 Å². The number of rotatable bonds is 3. The zero-order chi connectivity index (χ0) is 13.7. The van der Waals surface area contributed by atoms with Gasteiger partial charge in [-0.2, -0.15) is 17.0 Å². The molecule has 19 heavy (non-hydrogen) atoms. The molecule has 1 fully saturated rings. The minimum Gasteiger partial charge on any atom is -0.325 e. The van der Waals surface area contributed by atoms with Crippen molar-refractivity contribution < 1.29 is 4.79 Å². The smallest absolute Gasteiger partial charge is 0.224 e. The van der Waals surface area contributed by atoms with Crippen molar-refractivity contribution in [2.24, 2.45) is 5.92 Å². The highest BCUT2D eigenvalue weighted by Gasteiger charge is 2.17. The monoisotopic (exact) mass is 294 g/mol. The van der Waals surface area contributed by atoms with Crippen LogP contribution in [0.1, 0.15) is 24.8 Å². The summed E-state index contributed by atoms with van der Waals surface area (Å²) in [6, 6.07) is 6.91. The van der Waals surface area contributed by atoms with E-state index < -0.39 is 0 Å². The third-order valence-electron chi connectivity index (χ3n) is 3.19. The molecule has 5 heteroatoms. The van der Waals surface area contributed by atoms with Crippen molar-refractivity contribution in [2.45, 2.75) is 19.3 Å². The number of hydrogen-bond acceptors (Lipinski definition) is 3.